The number of hydrogen-bond donors (Lipinski definition) is 2. The maximum absolute atomic E-state index is 12.0. The number of carbonyl (C=O) groups is 1. The van der Waals surface area contributed by atoms with Crippen molar-refractivity contribution >= 4 is 11.7 Å². The second kappa shape index (κ2) is 9.54. The molecule has 1 heterocycles. The summed E-state index contributed by atoms with van der Waals surface area (Å²) in [7, 11) is 1.63. The molecule has 2 amide bonds. The van der Waals surface area contributed by atoms with Gasteiger partial charge in [0.25, 0.3) is 0 Å². The van der Waals surface area contributed by atoms with Crippen LogP contribution in [0.25, 0.3) is 11.3 Å². The summed E-state index contributed by atoms with van der Waals surface area (Å²) in [5.41, 5.74) is 4.57. The highest BCUT2D eigenvalue weighted by molar-refractivity contribution is 5.90. The molecule has 150 valence electrons. The normalized spacial score (nSPS) is 10.3. The average Bonchev–Trinajstić information content (AvgIpc) is 2.74. The number of aromatic nitrogens is 2. The molecule has 0 saturated heterocycles. The fraction of sp³-hybridized carbons (Fsp3) is 0.227. The fourth-order valence-electron chi connectivity index (χ4n) is 2.67. The highest BCUT2D eigenvalue weighted by Crippen LogP contribution is 2.21. The van der Waals surface area contributed by atoms with Crippen molar-refractivity contribution in [2.24, 2.45) is 0 Å². The van der Waals surface area contributed by atoms with Gasteiger partial charge in [0, 0.05) is 17.3 Å². The summed E-state index contributed by atoms with van der Waals surface area (Å²) >= 11 is 0. The van der Waals surface area contributed by atoms with E-state index < -0.39 is 0 Å². The van der Waals surface area contributed by atoms with E-state index in [1.54, 1.807) is 13.2 Å². The number of hydrogen-bond acceptors (Lipinski definition) is 5. The summed E-state index contributed by atoms with van der Waals surface area (Å²) in [6, 6.07) is 16.8. The second-order valence-corrected chi connectivity index (χ2v) is 6.53. The largest absolute Gasteiger partial charge is 0.497 e. The lowest BCUT2D eigenvalue weighted by Crippen LogP contribution is -2.32. The molecule has 7 nitrogen and oxygen atoms in total. The minimum absolute atomic E-state index is 0.275. The van der Waals surface area contributed by atoms with Gasteiger partial charge in [-0.3, -0.25) is 0 Å². The predicted octanol–water partition coefficient (Wildman–Crippen LogP) is 3.97. The Kier molecular flexibility index (Phi) is 6.63. The number of ether oxygens (including phenoxy) is 2. The molecule has 0 saturated carbocycles. The topological polar surface area (TPSA) is 85.4 Å². The molecule has 0 aliphatic heterocycles. The molecular formula is C22H24N4O3. The summed E-state index contributed by atoms with van der Waals surface area (Å²) in [6.45, 7) is 4.57. The predicted molar refractivity (Wildman–Crippen MR) is 112 cm³/mol. The third-order valence-corrected chi connectivity index (χ3v) is 4.30. The van der Waals surface area contributed by atoms with Crippen LogP contribution in [0.3, 0.4) is 0 Å². The van der Waals surface area contributed by atoms with Crippen LogP contribution < -0.4 is 20.1 Å². The highest BCUT2D eigenvalue weighted by atomic mass is 16.5. The molecule has 1 aromatic heterocycles. The van der Waals surface area contributed by atoms with Crippen molar-refractivity contribution in [1.82, 2.24) is 15.5 Å². The minimum atomic E-state index is -0.275. The van der Waals surface area contributed by atoms with Gasteiger partial charge in [-0.1, -0.05) is 12.1 Å². The number of urea groups is 1. The number of carbonyl (C=O) groups excluding carboxylic acids is 1. The first kappa shape index (κ1) is 20.1. The van der Waals surface area contributed by atoms with Gasteiger partial charge in [-0.05, 0) is 61.4 Å². The molecule has 0 radical (unpaired) electrons. The van der Waals surface area contributed by atoms with Crippen molar-refractivity contribution in [2.75, 3.05) is 25.6 Å². The number of rotatable bonds is 7. The molecule has 2 aromatic carbocycles. The lowest BCUT2D eigenvalue weighted by molar-refractivity contribution is 0.246. The Bertz CT molecular complexity index is 957. The average molecular weight is 392 g/mol. The lowest BCUT2D eigenvalue weighted by Gasteiger charge is -2.11. The maximum atomic E-state index is 12.0. The van der Waals surface area contributed by atoms with E-state index in [9.17, 15) is 4.79 Å². The van der Waals surface area contributed by atoms with Crippen LogP contribution in [0.15, 0.2) is 54.6 Å². The van der Waals surface area contributed by atoms with Crippen molar-refractivity contribution in [3.63, 3.8) is 0 Å². The zero-order valence-electron chi connectivity index (χ0n) is 16.7. The van der Waals surface area contributed by atoms with Crippen LogP contribution in [0.2, 0.25) is 0 Å². The van der Waals surface area contributed by atoms with Gasteiger partial charge in [0.2, 0.25) is 5.88 Å². The van der Waals surface area contributed by atoms with Gasteiger partial charge in [-0.25, -0.2) is 4.79 Å². The van der Waals surface area contributed by atoms with Crippen LogP contribution in [0.5, 0.6) is 11.6 Å². The Balaban J connectivity index is 1.44. The molecule has 0 fully saturated rings. The van der Waals surface area contributed by atoms with Gasteiger partial charge in [0.15, 0.2) is 0 Å². The second-order valence-electron chi connectivity index (χ2n) is 6.53. The Labute approximate surface area is 170 Å². The summed E-state index contributed by atoms with van der Waals surface area (Å²) < 4.78 is 10.7. The molecule has 0 aliphatic carbocycles. The first-order valence-electron chi connectivity index (χ1n) is 9.28. The monoisotopic (exact) mass is 392 g/mol. The van der Waals surface area contributed by atoms with Crippen molar-refractivity contribution in [3.05, 3.63) is 65.7 Å². The van der Waals surface area contributed by atoms with E-state index in [1.807, 2.05) is 62.4 Å². The van der Waals surface area contributed by atoms with E-state index in [0.717, 1.165) is 33.8 Å². The van der Waals surface area contributed by atoms with E-state index >= 15 is 0 Å². The number of methoxy groups -OCH3 is 1. The van der Waals surface area contributed by atoms with E-state index in [0.29, 0.717) is 12.4 Å². The van der Waals surface area contributed by atoms with E-state index in [1.165, 1.54) is 0 Å². The van der Waals surface area contributed by atoms with Crippen molar-refractivity contribution in [2.45, 2.75) is 13.8 Å². The Morgan fingerprint density at radius 2 is 1.79 bits per heavy atom. The first-order chi connectivity index (χ1) is 14.0. The molecule has 29 heavy (non-hydrogen) atoms. The zero-order valence-corrected chi connectivity index (χ0v) is 16.7. The van der Waals surface area contributed by atoms with Crippen molar-refractivity contribution in [1.29, 1.82) is 0 Å². The van der Waals surface area contributed by atoms with E-state index in [2.05, 4.69) is 20.8 Å². The van der Waals surface area contributed by atoms with E-state index in [-0.39, 0.29) is 12.6 Å². The number of amides is 2. The third kappa shape index (κ3) is 5.68. The number of benzene rings is 2. The summed E-state index contributed by atoms with van der Waals surface area (Å²) in [6.07, 6.45) is 0. The smallest absolute Gasteiger partial charge is 0.319 e. The molecule has 7 heteroatoms. The van der Waals surface area contributed by atoms with Crippen LogP contribution in [-0.4, -0.2) is 36.5 Å². The molecule has 3 aromatic rings. The van der Waals surface area contributed by atoms with Gasteiger partial charge < -0.3 is 20.1 Å². The zero-order chi connectivity index (χ0) is 20.6. The first-order valence-corrected chi connectivity index (χ1v) is 9.28. The van der Waals surface area contributed by atoms with E-state index in [4.69, 9.17) is 9.47 Å². The fourth-order valence-corrected chi connectivity index (χ4v) is 2.67. The van der Waals surface area contributed by atoms with Crippen molar-refractivity contribution < 1.29 is 14.3 Å². The highest BCUT2D eigenvalue weighted by Gasteiger charge is 2.05. The molecule has 0 bridgehead atoms. The summed E-state index contributed by atoms with van der Waals surface area (Å²) in [5, 5.41) is 13.9. The molecule has 0 spiro atoms. The van der Waals surface area contributed by atoms with Crippen LogP contribution in [0.4, 0.5) is 10.5 Å². The number of anilines is 1. The SMILES string of the molecule is COc1ccc(-c2ccc(OCCNC(=O)Nc3cc(C)ccc3C)nn2)cc1. The van der Waals surface area contributed by atoms with Crippen LogP contribution in [0, 0.1) is 13.8 Å². The Morgan fingerprint density at radius 1 is 1.00 bits per heavy atom. The summed E-state index contributed by atoms with van der Waals surface area (Å²) in [5.74, 6) is 1.19. The van der Waals surface area contributed by atoms with Crippen molar-refractivity contribution in [3.8, 4) is 22.9 Å². The molecule has 3 rings (SSSR count). The number of aryl methyl sites for hydroxylation is 2. The quantitative estimate of drug-likeness (QED) is 0.594. The van der Waals surface area contributed by atoms with Gasteiger partial charge in [-0.2, -0.15) is 0 Å². The van der Waals surface area contributed by atoms with Gasteiger partial charge in [0.05, 0.1) is 19.3 Å². The lowest BCUT2D eigenvalue weighted by atomic mass is 10.1. The standard InChI is InChI=1S/C22H24N4O3/c1-15-4-5-16(2)20(14-15)24-22(27)23-12-13-29-21-11-10-19(25-26-21)17-6-8-18(28-3)9-7-17/h4-11,14H,12-13H2,1-3H3,(H2,23,24,27). The third-order valence-electron chi connectivity index (χ3n) is 4.30. The number of nitrogens with one attached hydrogen (secondary N) is 2. The maximum Gasteiger partial charge on any atom is 0.319 e. The van der Waals surface area contributed by atoms with Crippen LogP contribution in [0.1, 0.15) is 11.1 Å². The Morgan fingerprint density at radius 3 is 2.48 bits per heavy atom. The van der Waals surface area contributed by atoms with Crippen LogP contribution >= 0.6 is 0 Å². The molecule has 0 aliphatic rings. The van der Waals surface area contributed by atoms with Gasteiger partial charge in [0.1, 0.15) is 12.4 Å². The Hall–Kier alpha value is -3.61. The molecule has 0 unspecified atom stereocenters. The minimum Gasteiger partial charge on any atom is -0.497 e. The molecular weight excluding hydrogens is 368 g/mol. The van der Waals surface area contributed by atoms with Crippen LogP contribution in [-0.2, 0) is 0 Å². The molecule has 0 atom stereocenters. The van der Waals surface area contributed by atoms with Gasteiger partial charge >= 0.3 is 6.03 Å². The van der Waals surface area contributed by atoms with Gasteiger partial charge in [-0.15, -0.1) is 10.2 Å². The summed E-state index contributed by atoms with van der Waals surface area (Å²) in [4.78, 5) is 12.0. The molecule has 2 N–H and O–H groups in total. The number of nitrogens with zero attached hydrogens (tertiary/aromatic N) is 2.